The van der Waals surface area contributed by atoms with E-state index in [1.807, 2.05) is 41.8 Å². The van der Waals surface area contributed by atoms with E-state index < -0.39 is 6.10 Å². The molecule has 2 aromatic carbocycles. The minimum Gasteiger partial charge on any atom is -0.388 e. The second-order valence-electron chi connectivity index (χ2n) is 5.14. The Labute approximate surface area is 128 Å². The van der Waals surface area contributed by atoms with Crippen LogP contribution in [0, 0.1) is 6.92 Å². The minimum absolute atomic E-state index is 0.501. The minimum atomic E-state index is -0.501. The molecule has 2 nitrogen and oxygen atoms in total. The number of hydrogen-bond acceptors (Lipinski definition) is 3. The van der Waals surface area contributed by atoms with Crippen LogP contribution in [0.15, 0.2) is 60.0 Å². The molecule has 106 valence electrons. The molecule has 1 N–H and O–H groups in total. The molecule has 0 bridgehead atoms. The van der Waals surface area contributed by atoms with E-state index in [0.29, 0.717) is 6.42 Å². The fraction of sp³-hybridized carbons (Fsp3) is 0.167. The molecule has 0 spiro atoms. The van der Waals surface area contributed by atoms with Gasteiger partial charge in [0, 0.05) is 17.4 Å². The Kier molecular flexibility index (Phi) is 4.13. The lowest BCUT2D eigenvalue weighted by molar-refractivity contribution is 0.177. The van der Waals surface area contributed by atoms with Crippen LogP contribution in [-0.2, 0) is 6.42 Å². The van der Waals surface area contributed by atoms with Crippen LogP contribution in [0.5, 0.6) is 0 Å². The molecule has 0 aliphatic heterocycles. The topological polar surface area (TPSA) is 33.1 Å². The predicted octanol–water partition coefficient (Wildman–Crippen LogP) is 4.39. The fourth-order valence-corrected chi connectivity index (χ4v) is 3.13. The molecule has 3 heteroatoms. The van der Waals surface area contributed by atoms with Gasteiger partial charge in [0.2, 0.25) is 0 Å². The highest BCUT2D eigenvalue weighted by Gasteiger charge is 2.11. The maximum absolute atomic E-state index is 10.3. The van der Waals surface area contributed by atoms with Crippen LogP contribution in [0.4, 0.5) is 0 Å². The van der Waals surface area contributed by atoms with Crippen molar-refractivity contribution >= 4 is 11.3 Å². The van der Waals surface area contributed by atoms with E-state index in [-0.39, 0.29) is 0 Å². The van der Waals surface area contributed by atoms with Crippen molar-refractivity contribution in [1.29, 1.82) is 0 Å². The molecular formula is C18H17NOS. The average Bonchev–Trinajstić information content (AvgIpc) is 2.97. The van der Waals surface area contributed by atoms with E-state index in [2.05, 4.69) is 30.1 Å². The van der Waals surface area contributed by atoms with Crippen molar-refractivity contribution in [2.75, 3.05) is 0 Å². The van der Waals surface area contributed by atoms with Crippen LogP contribution < -0.4 is 0 Å². The van der Waals surface area contributed by atoms with Gasteiger partial charge in [0.1, 0.15) is 5.01 Å². The lowest BCUT2D eigenvalue weighted by Gasteiger charge is -2.08. The Bertz CT molecular complexity index is 721. The number of nitrogens with zero attached hydrogens (tertiary/aromatic N) is 1. The Morgan fingerprint density at radius 2 is 1.90 bits per heavy atom. The van der Waals surface area contributed by atoms with Crippen molar-refractivity contribution in [3.63, 3.8) is 0 Å². The highest BCUT2D eigenvalue weighted by molar-refractivity contribution is 7.13. The summed E-state index contributed by atoms with van der Waals surface area (Å²) in [4.78, 5) is 4.65. The van der Waals surface area contributed by atoms with Crippen LogP contribution in [0.1, 0.15) is 22.9 Å². The number of benzene rings is 2. The van der Waals surface area contributed by atoms with Gasteiger partial charge in [-0.15, -0.1) is 11.3 Å². The quantitative estimate of drug-likeness (QED) is 0.774. The van der Waals surface area contributed by atoms with Crippen molar-refractivity contribution in [2.45, 2.75) is 19.4 Å². The third-order valence-corrected chi connectivity index (χ3v) is 4.34. The van der Waals surface area contributed by atoms with E-state index >= 15 is 0 Å². The molecule has 21 heavy (non-hydrogen) atoms. The van der Waals surface area contributed by atoms with Gasteiger partial charge in [-0.1, -0.05) is 54.1 Å². The third kappa shape index (κ3) is 3.38. The van der Waals surface area contributed by atoms with E-state index in [4.69, 9.17) is 0 Å². The maximum Gasteiger partial charge on any atom is 0.123 e. The number of aliphatic hydroxyl groups excluding tert-OH is 1. The van der Waals surface area contributed by atoms with E-state index in [0.717, 1.165) is 21.8 Å². The number of thiazole rings is 1. The zero-order valence-electron chi connectivity index (χ0n) is 11.9. The number of rotatable bonds is 4. The zero-order valence-corrected chi connectivity index (χ0v) is 12.7. The lowest BCUT2D eigenvalue weighted by Crippen LogP contribution is -2.01. The number of aromatic nitrogens is 1. The molecule has 0 saturated heterocycles. The molecule has 1 aromatic heterocycles. The summed E-state index contributed by atoms with van der Waals surface area (Å²) in [5.41, 5.74) is 4.24. The lowest BCUT2D eigenvalue weighted by atomic mass is 10.1. The average molecular weight is 295 g/mol. The third-order valence-electron chi connectivity index (χ3n) is 3.40. The van der Waals surface area contributed by atoms with E-state index in [1.165, 1.54) is 5.56 Å². The zero-order chi connectivity index (χ0) is 14.7. The van der Waals surface area contributed by atoms with Crippen LogP contribution in [0.2, 0.25) is 0 Å². The molecule has 3 rings (SSSR count). The summed E-state index contributed by atoms with van der Waals surface area (Å²) in [7, 11) is 0. The first-order valence-electron chi connectivity index (χ1n) is 6.97. The number of hydrogen-bond donors (Lipinski definition) is 1. The van der Waals surface area contributed by atoms with Gasteiger partial charge in [-0.2, -0.15) is 0 Å². The van der Waals surface area contributed by atoms with Crippen LogP contribution in [0.3, 0.4) is 0 Å². The summed E-state index contributed by atoms with van der Waals surface area (Å²) in [6.07, 6.45) is 0.0467. The summed E-state index contributed by atoms with van der Waals surface area (Å²) < 4.78 is 0. The van der Waals surface area contributed by atoms with E-state index in [1.54, 1.807) is 11.3 Å². The standard InChI is InChI=1S/C18H17NOS/c1-13-6-5-9-15(10-13)18-19-16(12-21-18)11-17(20)14-7-3-2-4-8-14/h2-10,12,17,20H,11H2,1H3. The van der Waals surface area contributed by atoms with Gasteiger partial charge in [-0.25, -0.2) is 4.98 Å². The van der Waals surface area contributed by atoms with Gasteiger partial charge in [0.25, 0.3) is 0 Å². The van der Waals surface area contributed by atoms with E-state index in [9.17, 15) is 5.11 Å². The summed E-state index contributed by atoms with van der Waals surface area (Å²) in [5, 5.41) is 13.3. The smallest absolute Gasteiger partial charge is 0.123 e. The molecule has 1 atom stereocenters. The fourth-order valence-electron chi connectivity index (χ4n) is 2.30. The normalized spacial score (nSPS) is 12.3. The van der Waals surface area contributed by atoms with Gasteiger partial charge in [-0.3, -0.25) is 0 Å². The first-order chi connectivity index (χ1) is 10.2. The first kappa shape index (κ1) is 14.0. The molecule has 1 unspecified atom stereocenters. The number of aryl methyl sites for hydroxylation is 1. The van der Waals surface area contributed by atoms with Crippen molar-refractivity contribution in [3.05, 3.63) is 76.8 Å². The molecule has 1 heterocycles. The molecule has 0 amide bonds. The molecule has 0 radical (unpaired) electrons. The second-order valence-corrected chi connectivity index (χ2v) is 6.00. The van der Waals surface area contributed by atoms with Crippen molar-refractivity contribution in [1.82, 2.24) is 4.98 Å². The molecule has 0 saturated carbocycles. The van der Waals surface area contributed by atoms with Crippen LogP contribution in [-0.4, -0.2) is 10.1 Å². The number of aliphatic hydroxyl groups is 1. The molecular weight excluding hydrogens is 278 g/mol. The van der Waals surface area contributed by atoms with Crippen molar-refractivity contribution < 1.29 is 5.11 Å². The van der Waals surface area contributed by atoms with Crippen LogP contribution >= 0.6 is 11.3 Å². The van der Waals surface area contributed by atoms with Gasteiger partial charge in [0.15, 0.2) is 0 Å². The van der Waals surface area contributed by atoms with Gasteiger partial charge in [0.05, 0.1) is 11.8 Å². The maximum atomic E-state index is 10.3. The van der Waals surface area contributed by atoms with Gasteiger partial charge in [-0.05, 0) is 18.6 Å². The summed E-state index contributed by atoms with van der Waals surface area (Å²) in [6, 6.07) is 18.1. The largest absolute Gasteiger partial charge is 0.388 e. The van der Waals surface area contributed by atoms with Crippen LogP contribution in [0.25, 0.3) is 10.6 Å². The SMILES string of the molecule is Cc1cccc(-c2nc(CC(O)c3ccccc3)cs2)c1. The molecule has 0 aliphatic rings. The predicted molar refractivity (Wildman–Crippen MR) is 87.4 cm³/mol. The summed E-state index contributed by atoms with van der Waals surface area (Å²) >= 11 is 1.63. The molecule has 0 aliphatic carbocycles. The summed E-state index contributed by atoms with van der Waals surface area (Å²) in [6.45, 7) is 2.08. The second kappa shape index (κ2) is 6.20. The van der Waals surface area contributed by atoms with Gasteiger partial charge < -0.3 is 5.11 Å². The Morgan fingerprint density at radius 1 is 1.10 bits per heavy atom. The van der Waals surface area contributed by atoms with Gasteiger partial charge >= 0.3 is 0 Å². The highest BCUT2D eigenvalue weighted by Crippen LogP contribution is 2.26. The van der Waals surface area contributed by atoms with Crippen molar-refractivity contribution in [2.24, 2.45) is 0 Å². The Balaban J connectivity index is 1.76. The Morgan fingerprint density at radius 3 is 2.67 bits per heavy atom. The molecule has 3 aromatic rings. The first-order valence-corrected chi connectivity index (χ1v) is 7.85. The molecule has 0 fully saturated rings. The summed E-state index contributed by atoms with van der Waals surface area (Å²) in [5.74, 6) is 0. The Hall–Kier alpha value is -1.97. The highest BCUT2D eigenvalue weighted by atomic mass is 32.1. The monoisotopic (exact) mass is 295 g/mol. The van der Waals surface area contributed by atoms with Crippen molar-refractivity contribution in [3.8, 4) is 10.6 Å².